The van der Waals surface area contributed by atoms with E-state index < -0.39 is 0 Å². The van der Waals surface area contributed by atoms with E-state index in [0.717, 1.165) is 25.3 Å². The fourth-order valence-electron chi connectivity index (χ4n) is 1.34. The Kier molecular flexibility index (Phi) is 6.90. The van der Waals surface area contributed by atoms with Gasteiger partial charge in [-0.15, -0.1) is 11.3 Å². The molecule has 0 spiro atoms. The second-order valence-electron chi connectivity index (χ2n) is 3.81. The summed E-state index contributed by atoms with van der Waals surface area (Å²) in [5.41, 5.74) is 1.04. The molecule has 0 aliphatic carbocycles. The molecule has 1 heterocycles. The van der Waals surface area contributed by atoms with E-state index >= 15 is 0 Å². The van der Waals surface area contributed by atoms with E-state index in [2.05, 4.69) is 35.2 Å². The highest BCUT2D eigenvalue weighted by Gasteiger charge is 2.02. The maximum Gasteiger partial charge on any atom is 0.0589 e. The van der Waals surface area contributed by atoms with E-state index in [1.165, 1.54) is 4.88 Å². The summed E-state index contributed by atoms with van der Waals surface area (Å²) in [6.45, 7) is 2.74. The lowest BCUT2D eigenvalue weighted by molar-refractivity contribution is 0.159. The molecule has 1 N–H and O–H groups in total. The van der Waals surface area contributed by atoms with Gasteiger partial charge in [0, 0.05) is 42.4 Å². The van der Waals surface area contributed by atoms with E-state index in [0.29, 0.717) is 6.42 Å². The zero-order valence-corrected chi connectivity index (χ0v) is 11.2. The fourth-order valence-corrected chi connectivity index (χ4v) is 2.24. The van der Waals surface area contributed by atoms with Crippen molar-refractivity contribution in [3.05, 3.63) is 21.9 Å². The molecule has 0 fully saturated rings. The Morgan fingerprint density at radius 2 is 2.35 bits per heavy atom. The van der Waals surface area contributed by atoms with Gasteiger partial charge >= 0.3 is 0 Å². The lowest BCUT2D eigenvalue weighted by Gasteiger charge is -2.14. The van der Waals surface area contributed by atoms with Gasteiger partial charge in [0.15, 0.2) is 0 Å². The number of rotatable bonds is 6. The molecule has 0 atom stereocenters. The van der Waals surface area contributed by atoms with Gasteiger partial charge in [0.1, 0.15) is 0 Å². The van der Waals surface area contributed by atoms with Crippen LogP contribution in [-0.4, -0.2) is 43.9 Å². The molecule has 1 rings (SSSR count). The molecule has 0 bridgehead atoms. The summed E-state index contributed by atoms with van der Waals surface area (Å²) in [5, 5.41) is 10.7. The fraction of sp³-hybridized carbons (Fsp3) is 0.538. The first-order valence-electron chi connectivity index (χ1n) is 5.61. The number of likely N-dealkylation sites (N-methyl/N-ethyl adjacent to an activating group) is 1. The van der Waals surface area contributed by atoms with Crippen molar-refractivity contribution < 1.29 is 9.84 Å². The van der Waals surface area contributed by atoms with Crippen molar-refractivity contribution in [3.63, 3.8) is 0 Å². The predicted molar refractivity (Wildman–Crippen MR) is 71.1 cm³/mol. The Bertz CT molecular complexity index is 378. The van der Waals surface area contributed by atoms with Crippen LogP contribution in [0.15, 0.2) is 11.4 Å². The maximum absolute atomic E-state index is 8.63. The molecule has 0 amide bonds. The molecule has 1 aromatic heterocycles. The van der Waals surface area contributed by atoms with Gasteiger partial charge in [0.2, 0.25) is 0 Å². The van der Waals surface area contributed by atoms with Crippen LogP contribution in [-0.2, 0) is 11.3 Å². The number of aliphatic hydroxyl groups is 1. The second kappa shape index (κ2) is 8.26. The normalized spacial score (nSPS) is 10.4. The van der Waals surface area contributed by atoms with Crippen LogP contribution in [0.2, 0.25) is 0 Å². The summed E-state index contributed by atoms with van der Waals surface area (Å²) >= 11 is 1.72. The average Bonchev–Trinajstić information content (AvgIpc) is 2.74. The highest BCUT2D eigenvalue weighted by molar-refractivity contribution is 7.10. The number of aliphatic hydroxyl groups excluding tert-OH is 1. The van der Waals surface area contributed by atoms with Crippen LogP contribution in [0.5, 0.6) is 0 Å². The van der Waals surface area contributed by atoms with Crippen molar-refractivity contribution in [2.45, 2.75) is 13.0 Å². The van der Waals surface area contributed by atoms with E-state index in [1.54, 1.807) is 18.4 Å². The smallest absolute Gasteiger partial charge is 0.0589 e. The van der Waals surface area contributed by atoms with Gasteiger partial charge in [-0.3, -0.25) is 4.90 Å². The topological polar surface area (TPSA) is 32.7 Å². The zero-order valence-electron chi connectivity index (χ0n) is 10.4. The van der Waals surface area contributed by atoms with Crippen molar-refractivity contribution in [1.29, 1.82) is 0 Å². The quantitative estimate of drug-likeness (QED) is 0.781. The average molecular weight is 253 g/mol. The van der Waals surface area contributed by atoms with Crippen molar-refractivity contribution in [2.75, 3.05) is 33.9 Å². The van der Waals surface area contributed by atoms with Gasteiger partial charge in [-0.1, -0.05) is 11.8 Å². The Morgan fingerprint density at radius 3 is 3.06 bits per heavy atom. The van der Waals surface area contributed by atoms with Gasteiger partial charge in [0.05, 0.1) is 13.2 Å². The first-order valence-corrected chi connectivity index (χ1v) is 6.49. The first kappa shape index (κ1) is 14.2. The monoisotopic (exact) mass is 253 g/mol. The molecular weight excluding hydrogens is 234 g/mol. The Labute approximate surface area is 107 Å². The van der Waals surface area contributed by atoms with Gasteiger partial charge in [-0.25, -0.2) is 0 Å². The lowest BCUT2D eigenvalue weighted by Crippen LogP contribution is -2.21. The number of hydrogen-bond donors (Lipinski definition) is 1. The van der Waals surface area contributed by atoms with Crippen LogP contribution < -0.4 is 0 Å². The first-order chi connectivity index (χ1) is 8.26. The molecule has 17 heavy (non-hydrogen) atoms. The molecule has 0 radical (unpaired) electrons. The van der Waals surface area contributed by atoms with E-state index in [4.69, 9.17) is 9.84 Å². The molecule has 94 valence electrons. The largest absolute Gasteiger partial charge is 0.395 e. The molecule has 0 unspecified atom stereocenters. The predicted octanol–water partition coefficient (Wildman–Crippen LogP) is 1.56. The van der Waals surface area contributed by atoms with Crippen LogP contribution in [0.25, 0.3) is 0 Å². The molecule has 0 aromatic carbocycles. The third-order valence-corrected chi connectivity index (χ3v) is 3.15. The highest BCUT2D eigenvalue weighted by atomic mass is 32.1. The molecule has 3 nitrogen and oxygen atoms in total. The third kappa shape index (κ3) is 5.85. The summed E-state index contributed by atoms with van der Waals surface area (Å²) in [4.78, 5) is 3.53. The van der Waals surface area contributed by atoms with Crippen LogP contribution in [0.1, 0.15) is 16.9 Å². The molecule has 4 heteroatoms. The Hall–Kier alpha value is -0.860. The van der Waals surface area contributed by atoms with Crippen molar-refractivity contribution in [3.8, 4) is 11.8 Å². The molecule has 0 aliphatic heterocycles. The summed E-state index contributed by atoms with van der Waals surface area (Å²) in [5.74, 6) is 5.96. The van der Waals surface area contributed by atoms with Crippen molar-refractivity contribution in [2.24, 2.45) is 0 Å². The van der Waals surface area contributed by atoms with Crippen molar-refractivity contribution in [1.82, 2.24) is 4.90 Å². The zero-order chi connectivity index (χ0) is 12.5. The SMILES string of the molecule is COCCN(C)Cc1cc(C#CCCO)cs1. The molecular formula is C13H19NO2S. The Morgan fingerprint density at radius 1 is 1.53 bits per heavy atom. The van der Waals surface area contributed by atoms with E-state index in [-0.39, 0.29) is 6.61 Å². The minimum Gasteiger partial charge on any atom is -0.395 e. The number of methoxy groups -OCH3 is 1. The third-order valence-electron chi connectivity index (χ3n) is 2.23. The summed E-state index contributed by atoms with van der Waals surface area (Å²) in [6, 6.07) is 2.11. The number of thiophene rings is 1. The van der Waals surface area contributed by atoms with Gasteiger partial charge in [-0.05, 0) is 13.1 Å². The maximum atomic E-state index is 8.63. The minimum atomic E-state index is 0.129. The molecule has 0 saturated carbocycles. The van der Waals surface area contributed by atoms with E-state index in [9.17, 15) is 0 Å². The van der Waals surface area contributed by atoms with Crippen LogP contribution >= 0.6 is 11.3 Å². The number of ether oxygens (including phenoxy) is 1. The molecule has 1 aromatic rings. The van der Waals surface area contributed by atoms with Crippen LogP contribution in [0, 0.1) is 11.8 Å². The summed E-state index contributed by atoms with van der Waals surface area (Å²) < 4.78 is 5.04. The van der Waals surface area contributed by atoms with Crippen molar-refractivity contribution >= 4 is 11.3 Å². The van der Waals surface area contributed by atoms with Crippen LogP contribution in [0.3, 0.4) is 0 Å². The number of hydrogen-bond acceptors (Lipinski definition) is 4. The van der Waals surface area contributed by atoms with Gasteiger partial charge in [-0.2, -0.15) is 0 Å². The molecule has 0 saturated heterocycles. The minimum absolute atomic E-state index is 0.129. The summed E-state index contributed by atoms with van der Waals surface area (Å²) in [6.07, 6.45) is 0.541. The second-order valence-corrected chi connectivity index (χ2v) is 4.80. The Balaban J connectivity index is 2.43. The van der Waals surface area contributed by atoms with Gasteiger partial charge < -0.3 is 9.84 Å². The standard InChI is InChI=1S/C13H19NO2S/c1-14(6-8-16-2)10-13-9-12(11-17-13)5-3-4-7-15/h9,11,15H,4,6-8,10H2,1-2H3. The van der Waals surface area contributed by atoms with Crippen LogP contribution in [0.4, 0.5) is 0 Å². The summed E-state index contributed by atoms with van der Waals surface area (Å²) in [7, 11) is 3.80. The lowest BCUT2D eigenvalue weighted by atomic mass is 10.3. The van der Waals surface area contributed by atoms with E-state index in [1.807, 2.05) is 0 Å². The number of nitrogens with zero attached hydrogens (tertiary/aromatic N) is 1. The molecule has 0 aliphatic rings. The van der Waals surface area contributed by atoms with Gasteiger partial charge in [0.25, 0.3) is 0 Å². The highest BCUT2D eigenvalue weighted by Crippen LogP contribution is 2.15.